The Balaban J connectivity index is 2.57. The predicted octanol–water partition coefficient (Wildman–Crippen LogP) is 3.46. The fourth-order valence-corrected chi connectivity index (χ4v) is 3.35. The quantitative estimate of drug-likeness (QED) is 0.846. The van der Waals surface area contributed by atoms with Crippen LogP contribution < -0.4 is 0 Å². The Hall–Kier alpha value is -1.20. The van der Waals surface area contributed by atoms with Crippen LogP contribution in [-0.2, 0) is 9.84 Å². The minimum absolute atomic E-state index is 0.101. The van der Waals surface area contributed by atoms with Crippen molar-refractivity contribution < 1.29 is 12.8 Å². The van der Waals surface area contributed by atoms with E-state index in [4.69, 9.17) is 0 Å². The van der Waals surface area contributed by atoms with Gasteiger partial charge in [0.25, 0.3) is 0 Å². The maximum absolute atomic E-state index is 12.8. The van der Waals surface area contributed by atoms with Crippen LogP contribution in [0.3, 0.4) is 0 Å². The van der Waals surface area contributed by atoms with E-state index in [9.17, 15) is 12.8 Å². The number of halogens is 2. The van der Waals surface area contributed by atoms with Crippen molar-refractivity contribution in [3.63, 3.8) is 0 Å². The SMILES string of the molecule is CS(=O)(=O)c1[c]c(-c2ccc(F)cc2)ccc1Br. The minimum Gasteiger partial charge on any atom is -0.224 e. The molecule has 2 aromatic rings. The normalized spacial score (nSPS) is 11.5. The molecule has 0 fully saturated rings. The first kappa shape index (κ1) is 13.2. The van der Waals surface area contributed by atoms with Crippen LogP contribution in [0.1, 0.15) is 0 Å². The van der Waals surface area contributed by atoms with E-state index in [0.717, 1.165) is 6.26 Å². The molecule has 0 atom stereocenters. The molecule has 5 heteroatoms. The van der Waals surface area contributed by atoms with E-state index in [1.165, 1.54) is 12.1 Å². The predicted molar refractivity (Wildman–Crippen MR) is 71.5 cm³/mol. The second kappa shape index (κ2) is 4.82. The molecule has 0 bridgehead atoms. The molecule has 0 saturated heterocycles. The van der Waals surface area contributed by atoms with Gasteiger partial charge in [0.05, 0.1) is 4.90 Å². The van der Waals surface area contributed by atoms with Gasteiger partial charge in [-0.15, -0.1) is 0 Å². The van der Waals surface area contributed by atoms with E-state index in [0.29, 0.717) is 15.6 Å². The van der Waals surface area contributed by atoms with Gasteiger partial charge < -0.3 is 0 Å². The molecule has 0 saturated carbocycles. The molecule has 0 amide bonds. The molecular weight excluding hydrogens is 319 g/mol. The van der Waals surface area contributed by atoms with Crippen molar-refractivity contribution in [3.8, 4) is 11.1 Å². The fraction of sp³-hybridized carbons (Fsp3) is 0.0769. The van der Waals surface area contributed by atoms with Gasteiger partial charge >= 0.3 is 0 Å². The smallest absolute Gasteiger partial charge is 0.177 e. The van der Waals surface area contributed by atoms with Crippen molar-refractivity contribution in [2.75, 3.05) is 6.26 Å². The summed E-state index contributed by atoms with van der Waals surface area (Å²) in [6.07, 6.45) is 1.12. The van der Waals surface area contributed by atoms with E-state index >= 15 is 0 Å². The van der Waals surface area contributed by atoms with Gasteiger partial charge in [0.1, 0.15) is 5.82 Å². The molecule has 2 rings (SSSR count). The van der Waals surface area contributed by atoms with Crippen LogP contribution in [0, 0.1) is 11.9 Å². The minimum atomic E-state index is -3.35. The number of hydrogen-bond donors (Lipinski definition) is 0. The highest BCUT2D eigenvalue weighted by Gasteiger charge is 2.13. The zero-order chi connectivity index (χ0) is 13.3. The largest absolute Gasteiger partial charge is 0.224 e. The van der Waals surface area contributed by atoms with Crippen LogP contribution in [0.4, 0.5) is 4.39 Å². The molecule has 0 aliphatic carbocycles. The lowest BCUT2D eigenvalue weighted by Crippen LogP contribution is -1.99. The van der Waals surface area contributed by atoms with Crippen LogP contribution in [0.5, 0.6) is 0 Å². The second-order valence-electron chi connectivity index (χ2n) is 3.83. The lowest BCUT2D eigenvalue weighted by molar-refractivity contribution is 0.601. The summed E-state index contributed by atoms with van der Waals surface area (Å²) in [5, 5.41) is 0. The first-order chi connectivity index (χ1) is 8.38. The lowest BCUT2D eigenvalue weighted by Gasteiger charge is -2.06. The summed E-state index contributed by atoms with van der Waals surface area (Å²) in [6, 6.07) is 12.0. The first-order valence-corrected chi connectivity index (χ1v) is 7.74. The van der Waals surface area contributed by atoms with E-state index in [-0.39, 0.29) is 10.7 Å². The topological polar surface area (TPSA) is 34.1 Å². The summed E-state index contributed by atoms with van der Waals surface area (Å²) >= 11 is 3.18. The number of sulfone groups is 1. The molecule has 0 N–H and O–H groups in total. The van der Waals surface area contributed by atoms with Crippen LogP contribution in [0.2, 0.25) is 0 Å². The molecule has 0 unspecified atom stereocenters. The van der Waals surface area contributed by atoms with Gasteiger partial charge in [-0.1, -0.05) is 18.2 Å². The summed E-state index contributed by atoms with van der Waals surface area (Å²) in [5.41, 5.74) is 1.33. The maximum atomic E-state index is 12.8. The lowest BCUT2D eigenvalue weighted by atomic mass is 10.1. The average Bonchev–Trinajstić information content (AvgIpc) is 2.29. The van der Waals surface area contributed by atoms with E-state index in [1.807, 2.05) is 0 Å². The average molecular weight is 328 g/mol. The van der Waals surface area contributed by atoms with Gasteiger partial charge in [-0.05, 0) is 45.3 Å². The van der Waals surface area contributed by atoms with E-state index in [2.05, 4.69) is 22.0 Å². The van der Waals surface area contributed by atoms with Gasteiger partial charge in [-0.25, -0.2) is 12.8 Å². The highest BCUT2D eigenvalue weighted by molar-refractivity contribution is 9.10. The van der Waals surface area contributed by atoms with Crippen LogP contribution in [0.25, 0.3) is 11.1 Å². The molecule has 1 radical (unpaired) electrons. The zero-order valence-corrected chi connectivity index (χ0v) is 11.8. The maximum Gasteiger partial charge on any atom is 0.177 e. The Labute approximate surface area is 114 Å². The van der Waals surface area contributed by atoms with Crippen molar-refractivity contribution in [2.24, 2.45) is 0 Å². The molecule has 0 aliphatic rings. The van der Waals surface area contributed by atoms with E-state index in [1.54, 1.807) is 24.3 Å². The Morgan fingerprint density at radius 2 is 1.72 bits per heavy atom. The van der Waals surface area contributed by atoms with Crippen molar-refractivity contribution in [1.82, 2.24) is 0 Å². The zero-order valence-electron chi connectivity index (χ0n) is 9.44. The number of benzene rings is 2. The van der Waals surface area contributed by atoms with Gasteiger partial charge in [0, 0.05) is 16.8 Å². The highest BCUT2D eigenvalue weighted by atomic mass is 79.9. The third-order valence-corrected chi connectivity index (χ3v) is 4.37. The van der Waals surface area contributed by atoms with Crippen LogP contribution >= 0.6 is 15.9 Å². The third kappa shape index (κ3) is 2.79. The fourth-order valence-electron chi connectivity index (χ4n) is 1.52. The molecule has 0 aliphatic heterocycles. The van der Waals surface area contributed by atoms with Gasteiger partial charge in [-0.2, -0.15) is 0 Å². The Morgan fingerprint density at radius 3 is 2.28 bits per heavy atom. The summed E-state index contributed by atoms with van der Waals surface area (Å²) in [6.45, 7) is 0. The number of hydrogen-bond acceptors (Lipinski definition) is 2. The van der Waals surface area contributed by atoms with Crippen LogP contribution in [-0.4, -0.2) is 14.7 Å². The number of rotatable bonds is 2. The van der Waals surface area contributed by atoms with Gasteiger partial charge in [-0.3, -0.25) is 0 Å². The van der Waals surface area contributed by atoms with Gasteiger partial charge in [0.2, 0.25) is 0 Å². The Morgan fingerprint density at radius 1 is 1.11 bits per heavy atom. The molecule has 0 heterocycles. The molecule has 93 valence electrons. The van der Waals surface area contributed by atoms with Crippen molar-refractivity contribution in [2.45, 2.75) is 4.90 Å². The standard InChI is InChI=1S/C13H9BrFO2S/c1-18(16,17)13-8-10(4-7-12(13)14)9-2-5-11(15)6-3-9/h2-7H,1H3. The van der Waals surface area contributed by atoms with Crippen molar-refractivity contribution in [1.29, 1.82) is 0 Å². The van der Waals surface area contributed by atoms with Crippen molar-refractivity contribution >= 4 is 25.8 Å². The Kier molecular flexibility index (Phi) is 3.54. The monoisotopic (exact) mass is 327 g/mol. The summed E-state index contributed by atoms with van der Waals surface area (Å²) in [4.78, 5) is 0.101. The van der Waals surface area contributed by atoms with Crippen LogP contribution in [0.15, 0.2) is 45.8 Å². The molecule has 2 aromatic carbocycles. The molecule has 0 spiro atoms. The van der Waals surface area contributed by atoms with Crippen molar-refractivity contribution in [3.05, 3.63) is 52.8 Å². The molecule has 0 aromatic heterocycles. The molecule has 18 heavy (non-hydrogen) atoms. The first-order valence-electron chi connectivity index (χ1n) is 5.06. The summed E-state index contributed by atoms with van der Waals surface area (Å²) in [5.74, 6) is -0.334. The van der Waals surface area contributed by atoms with Gasteiger partial charge in [0.15, 0.2) is 9.84 Å². The Bertz CT molecular complexity index is 679. The second-order valence-corrected chi connectivity index (χ2v) is 6.64. The molecular formula is C13H9BrFO2S. The molecule has 2 nitrogen and oxygen atoms in total. The highest BCUT2D eigenvalue weighted by Crippen LogP contribution is 2.27. The summed E-state index contributed by atoms with van der Waals surface area (Å²) < 4.78 is 36.4. The van der Waals surface area contributed by atoms with E-state index < -0.39 is 9.84 Å². The summed E-state index contributed by atoms with van der Waals surface area (Å²) in [7, 11) is -3.35. The third-order valence-electron chi connectivity index (χ3n) is 2.39.